The Morgan fingerprint density at radius 3 is 1.85 bits per heavy atom. The van der Waals surface area contributed by atoms with Crippen LogP contribution in [0.15, 0.2) is 43.0 Å². The summed E-state index contributed by atoms with van der Waals surface area (Å²) in [4.78, 5) is 0. The van der Waals surface area contributed by atoms with Gasteiger partial charge in [-0.25, -0.2) is 0 Å². The van der Waals surface area contributed by atoms with Gasteiger partial charge in [-0.1, -0.05) is 78.0 Å². The Balaban J connectivity index is 3.07. The first-order valence-electron chi connectivity index (χ1n) is 7.43. The average molecular weight is 291 g/mol. The molecule has 0 N–H and O–H groups in total. The van der Waals surface area contributed by atoms with E-state index in [9.17, 15) is 0 Å². The molecule has 0 bridgehead atoms. The van der Waals surface area contributed by atoms with Crippen molar-refractivity contribution in [2.24, 2.45) is 10.8 Å². The summed E-state index contributed by atoms with van der Waals surface area (Å²) in [6, 6.07) is 10.8. The first kappa shape index (κ1) is 17.4. The average Bonchev–Trinajstić information content (AvgIpc) is 2.32. The van der Waals surface area contributed by atoms with Crippen LogP contribution < -0.4 is 0 Å². The molecular weight excluding hydrogens is 260 g/mol. The molecule has 0 radical (unpaired) electrons. The van der Waals surface area contributed by atoms with E-state index < -0.39 is 0 Å². The molecule has 0 heterocycles. The van der Waals surface area contributed by atoms with E-state index in [4.69, 9.17) is 0 Å². The smallest absolute Gasteiger partial charge is 0.0294 e. The fourth-order valence-electron chi connectivity index (χ4n) is 3.21. The summed E-state index contributed by atoms with van der Waals surface area (Å²) in [5, 5.41) is 0. The summed E-state index contributed by atoms with van der Waals surface area (Å²) in [6.45, 7) is 18.2. The first-order valence-corrected chi connectivity index (χ1v) is 8.41. The van der Waals surface area contributed by atoms with E-state index in [-0.39, 0.29) is 15.6 Å². The molecule has 20 heavy (non-hydrogen) atoms. The van der Waals surface area contributed by atoms with Crippen LogP contribution >= 0.6 is 11.8 Å². The van der Waals surface area contributed by atoms with Crippen LogP contribution in [0, 0.1) is 10.8 Å². The van der Waals surface area contributed by atoms with Gasteiger partial charge in [0.05, 0.1) is 0 Å². The van der Waals surface area contributed by atoms with E-state index in [1.54, 1.807) is 0 Å². The zero-order chi connectivity index (χ0) is 15.4. The Morgan fingerprint density at radius 1 is 0.950 bits per heavy atom. The highest BCUT2D eigenvalue weighted by Crippen LogP contribution is 2.56. The number of hydrogen-bond donors (Lipinski definition) is 0. The van der Waals surface area contributed by atoms with E-state index in [0.29, 0.717) is 0 Å². The molecule has 0 aliphatic carbocycles. The third-order valence-corrected chi connectivity index (χ3v) is 6.54. The Hall–Kier alpha value is -0.690. The molecule has 0 saturated heterocycles. The minimum absolute atomic E-state index is 0.178. The summed E-state index contributed by atoms with van der Waals surface area (Å²) >= 11 is 2.09. The quantitative estimate of drug-likeness (QED) is 0.571. The molecule has 0 saturated carbocycles. The molecule has 1 heteroatoms. The predicted molar refractivity (Wildman–Crippen MR) is 94.2 cm³/mol. The number of hydrogen-bond acceptors (Lipinski definition) is 1. The summed E-state index contributed by atoms with van der Waals surface area (Å²) in [5.41, 5.74) is 1.84. The molecule has 1 aromatic carbocycles. The second-order valence-electron chi connectivity index (χ2n) is 7.59. The minimum Gasteiger partial charge on any atom is -0.149 e. The lowest BCUT2D eigenvalue weighted by Gasteiger charge is -2.53. The van der Waals surface area contributed by atoms with Crippen molar-refractivity contribution in [3.05, 3.63) is 48.6 Å². The maximum atomic E-state index is 4.01. The number of benzene rings is 1. The van der Waals surface area contributed by atoms with Gasteiger partial charge in [-0.2, -0.15) is 0 Å². The van der Waals surface area contributed by atoms with Crippen LogP contribution in [-0.4, -0.2) is 4.75 Å². The molecule has 0 nitrogen and oxygen atoms in total. The van der Waals surface area contributed by atoms with Crippen molar-refractivity contribution in [1.82, 2.24) is 0 Å². The van der Waals surface area contributed by atoms with Gasteiger partial charge in [-0.15, -0.1) is 18.3 Å². The largest absolute Gasteiger partial charge is 0.149 e. The number of allylic oxidation sites excluding steroid dienone is 1. The number of thioether (sulfide) groups is 1. The molecule has 112 valence electrons. The van der Waals surface area contributed by atoms with Gasteiger partial charge in [-0.3, -0.25) is 0 Å². The van der Waals surface area contributed by atoms with Crippen LogP contribution in [0.5, 0.6) is 0 Å². The molecule has 0 aromatic heterocycles. The third-order valence-electron chi connectivity index (χ3n) is 4.18. The normalized spacial score (nSPS) is 13.3. The lowest BCUT2D eigenvalue weighted by molar-refractivity contribution is 0.143. The molecule has 0 unspecified atom stereocenters. The van der Waals surface area contributed by atoms with E-state index in [2.05, 4.69) is 96.3 Å². The van der Waals surface area contributed by atoms with Gasteiger partial charge in [0.2, 0.25) is 0 Å². The molecule has 0 aliphatic heterocycles. The SMILES string of the molecule is C=CCC(SCc1ccccc1)(C(C)(C)C)C(C)(C)C. The molecule has 0 spiro atoms. The topological polar surface area (TPSA) is 0 Å². The molecule has 0 fully saturated rings. The van der Waals surface area contributed by atoms with E-state index in [0.717, 1.165) is 12.2 Å². The van der Waals surface area contributed by atoms with Crippen LogP contribution in [0.2, 0.25) is 0 Å². The van der Waals surface area contributed by atoms with Crippen molar-refractivity contribution < 1.29 is 0 Å². The Kier molecular flexibility index (Phi) is 5.54. The fourth-order valence-corrected chi connectivity index (χ4v) is 4.92. The second kappa shape index (κ2) is 6.39. The first-order chi connectivity index (χ1) is 9.14. The Bertz CT molecular complexity index is 403. The summed E-state index contributed by atoms with van der Waals surface area (Å²) in [7, 11) is 0. The summed E-state index contributed by atoms with van der Waals surface area (Å²) in [5.74, 6) is 1.06. The van der Waals surface area contributed by atoms with Gasteiger partial charge in [-0.05, 0) is 22.8 Å². The van der Waals surface area contributed by atoms with Crippen LogP contribution in [0.3, 0.4) is 0 Å². The highest BCUT2D eigenvalue weighted by molar-refractivity contribution is 8.00. The fraction of sp³-hybridized carbons (Fsp3) is 0.579. The van der Waals surface area contributed by atoms with Crippen molar-refractivity contribution >= 4 is 11.8 Å². The zero-order valence-corrected chi connectivity index (χ0v) is 14.8. The van der Waals surface area contributed by atoms with Crippen LogP contribution in [0.25, 0.3) is 0 Å². The van der Waals surface area contributed by atoms with E-state index in [1.165, 1.54) is 5.56 Å². The summed E-state index contributed by atoms with van der Waals surface area (Å²) < 4.78 is 0.178. The van der Waals surface area contributed by atoms with Gasteiger partial charge in [0.1, 0.15) is 0 Å². The Labute approximate surface area is 130 Å². The van der Waals surface area contributed by atoms with Crippen molar-refractivity contribution in [2.75, 3.05) is 0 Å². The lowest BCUT2D eigenvalue weighted by Crippen LogP contribution is -2.50. The maximum absolute atomic E-state index is 4.01. The zero-order valence-electron chi connectivity index (χ0n) is 14.0. The van der Waals surface area contributed by atoms with Crippen molar-refractivity contribution in [3.63, 3.8) is 0 Å². The molecule has 1 rings (SSSR count). The predicted octanol–water partition coefficient (Wildman–Crippen LogP) is 6.33. The van der Waals surface area contributed by atoms with Crippen molar-refractivity contribution in [3.8, 4) is 0 Å². The molecule has 0 aliphatic rings. The monoisotopic (exact) mass is 290 g/mol. The molecule has 0 atom stereocenters. The Morgan fingerprint density at radius 2 is 1.45 bits per heavy atom. The van der Waals surface area contributed by atoms with Crippen molar-refractivity contribution in [1.29, 1.82) is 0 Å². The third kappa shape index (κ3) is 3.69. The van der Waals surface area contributed by atoms with Crippen LogP contribution in [-0.2, 0) is 5.75 Å². The van der Waals surface area contributed by atoms with Crippen LogP contribution in [0.4, 0.5) is 0 Å². The second-order valence-corrected chi connectivity index (χ2v) is 8.87. The van der Waals surface area contributed by atoms with Gasteiger partial charge in [0, 0.05) is 10.5 Å². The summed E-state index contributed by atoms with van der Waals surface area (Å²) in [6.07, 6.45) is 3.13. The van der Waals surface area contributed by atoms with Gasteiger partial charge >= 0.3 is 0 Å². The molecular formula is C19H30S. The molecule has 1 aromatic rings. The van der Waals surface area contributed by atoms with E-state index in [1.807, 2.05) is 0 Å². The van der Waals surface area contributed by atoms with Gasteiger partial charge < -0.3 is 0 Å². The van der Waals surface area contributed by atoms with Gasteiger partial charge in [0.25, 0.3) is 0 Å². The standard InChI is InChI=1S/C19H30S/c1-8-14-19(17(2,3)4,18(5,6)7)20-15-16-12-10-9-11-13-16/h8-13H,1,14-15H2,2-7H3. The number of rotatable bonds is 5. The van der Waals surface area contributed by atoms with Gasteiger partial charge in [0.15, 0.2) is 0 Å². The molecule has 0 amide bonds. The highest BCUT2D eigenvalue weighted by atomic mass is 32.2. The van der Waals surface area contributed by atoms with Crippen molar-refractivity contribution in [2.45, 2.75) is 58.5 Å². The highest BCUT2D eigenvalue weighted by Gasteiger charge is 2.49. The van der Waals surface area contributed by atoms with Crippen LogP contribution in [0.1, 0.15) is 53.5 Å². The minimum atomic E-state index is 0.178. The van der Waals surface area contributed by atoms with E-state index >= 15 is 0 Å². The maximum Gasteiger partial charge on any atom is 0.0294 e. The lowest BCUT2D eigenvalue weighted by atomic mass is 9.64.